The number of anilines is 1. The number of aromatic nitrogens is 2. The normalized spacial score (nSPS) is 20.9. The molecular weight excluding hydrogens is 264 g/mol. The van der Waals surface area contributed by atoms with Gasteiger partial charge in [0.15, 0.2) is 5.82 Å². The summed E-state index contributed by atoms with van der Waals surface area (Å²) in [5, 5.41) is 7.63. The van der Waals surface area contributed by atoms with Gasteiger partial charge in [-0.3, -0.25) is 5.41 Å². The fourth-order valence-corrected chi connectivity index (χ4v) is 3.41. The van der Waals surface area contributed by atoms with Gasteiger partial charge in [-0.25, -0.2) is 9.97 Å². The summed E-state index contributed by atoms with van der Waals surface area (Å²) in [7, 11) is 0. The minimum Gasteiger partial charge on any atom is -0.382 e. The number of rotatable bonds is 4. The molecule has 0 radical (unpaired) electrons. The molecule has 1 aromatic rings. The van der Waals surface area contributed by atoms with E-state index in [1.54, 1.807) is 12.4 Å². The van der Waals surface area contributed by atoms with E-state index in [9.17, 15) is 0 Å². The second-order valence-electron chi connectivity index (χ2n) is 6.08. The first kappa shape index (κ1) is 14.3. The van der Waals surface area contributed by atoms with E-state index in [1.807, 2.05) is 0 Å². The lowest BCUT2D eigenvalue weighted by atomic mass is 9.96. The molecular formula is C15H24N6. The first-order valence-electron chi connectivity index (χ1n) is 7.87. The van der Waals surface area contributed by atoms with Gasteiger partial charge in [-0.05, 0) is 44.7 Å². The van der Waals surface area contributed by atoms with Crippen LogP contribution < -0.4 is 10.6 Å². The Hall–Kier alpha value is -1.69. The van der Waals surface area contributed by atoms with Crippen LogP contribution in [0.15, 0.2) is 12.4 Å². The SMILES string of the molecule is N=C(N)c1nccnc1N1CCC(CN2CCCC2)CC1. The maximum atomic E-state index is 7.63. The molecule has 0 aliphatic carbocycles. The molecule has 0 amide bonds. The molecule has 1 aromatic heterocycles. The number of hydrogen-bond donors (Lipinski definition) is 2. The Morgan fingerprint density at radius 2 is 1.81 bits per heavy atom. The van der Waals surface area contributed by atoms with Crippen LogP contribution in [-0.2, 0) is 0 Å². The van der Waals surface area contributed by atoms with Gasteiger partial charge in [0, 0.05) is 32.0 Å². The van der Waals surface area contributed by atoms with Gasteiger partial charge in [0.2, 0.25) is 0 Å². The van der Waals surface area contributed by atoms with Crippen LogP contribution in [0.4, 0.5) is 5.82 Å². The van der Waals surface area contributed by atoms with Crippen molar-refractivity contribution >= 4 is 11.7 Å². The molecule has 0 aromatic carbocycles. The van der Waals surface area contributed by atoms with E-state index < -0.39 is 0 Å². The van der Waals surface area contributed by atoms with Crippen molar-refractivity contribution in [3.63, 3.8) is 0 Å². The zero-order valence-corrected chi connectivity index (χ0v) is 12.5. The Morgan fingerprint density at radius 3 is 2.48 bits per heavy atom. The Balaban J connectivity index is 1.59. The second-order valence-corrected chi connectivity index (χ2v) is 6.08. The van der Waals surface area contributed by atoms with Crippen molar-refractivity contribution in [3.05, 3.63) is 18.1 Å². The number of nitrogens with zero attached hydrogens (tertiary/aromatic N) is 4. The number of amidine groups is 1. The Labute approximate surface area is 125 Å². The molecule has 2 fully saturated rings. The van der Waals surface area contributed by atoms with Gasteiger partial charge in [-0.1, -0.05) is 0 Å². The molecule has 114 valence electrons. The summed E-state index contributed by atoms with van der Waals surface area (Å²) in [5.74, 6) is 1.55. The minimum absolute atomic E-state index is 0.00251. The lowest BCUT2D eigenvalue weighted by Crippen LogP contribution is -2.39. The highest BCUT2D eigenvalue weighted by atomic mass is 15.2. The highest BCUT2D eigenvalue weighted by Crippen LogP contribution is 2.25. The number of piperidine rings is 1. The molecule has 2 aliphatic rings. The van der Waals surface area contributed by atoms with Crippen LogP contribution >= 0.6 is 0 Å². The van der Waals surface area contributed by atoms with E-state index in [0.717, 1.165) is 24.8 Å². The maximum absolute atomic E-state index is 7.63. The topological polar surface area (TPSA) is 82.1 Å². The minimum atomic E-state index is -0.00251. The molecule has 2 aliphatic heterocycles. The summed E-state index contributed by atoms with van der Waals surface area (Å²) in [6.07, 6.45) is 8.37. The third kappa shape index (κ3) is 3.32. The summed E-state index contributed by atoms with van der Waals surface area (Å²) >= 11 is 0. The lowest BCUT2D eigenvalue weighted by molar-refractivity contribution is 0.249. The molecule has 3 rings (SSSR count). The average molecular weight is 288 g/mol. The molecule has 0 spiro atoms. The van der Waals surface area contributed by atoms with Gasteiger partial charge in [0.25, 0.3) is 0 Å². The summed E-state index contributed by atoms with van der Waals surface area (Å²) in [4.78, 5) is 13.4. The number of nitrogens with one attached hydrogen (secondary N) is 1. The third-order valence-corrected chi connectivity index (χ3v) is 4.56. The molecule has 6 nitrogen and oxygen atoms in total. The van der Waals surface area contributed by atoms with Crippen molar-refractivity contribution in [2.24, 2.45) is 11.7 Å². The van der Waals surface area contributed by atoms with E-state index in [0.29, 0.717) is 5.69 Å². The van der Waals surface area contributed by atoms with Crippen molar-refractivity contribution in [1.82, 2.24) is 14.9 Å². The van der Waals surface area contributed by atoms with Gasteiger partial charge in [-0.2, -0.15) is 0 Å². The van der Waals surface area contributed by atoms with Crippen LogP contribution in [-0.4, -0.2) is 53.4 Å². The number of hydrogen-bond acceptors (Lipinski definition) is 5. The summed E-state index contributed by atoms with van der Waals surface area (Å²) in [6.45, 7) is 5.76. The average Bonchev–Trinajstić information content (AvgIpc) is 3.01. The highest BCUT2D eigenvalue weighted by molar-refractivity contribution is 5.97. The first-order valence-corrected chi connectivity index (χ1v) is 7.87. The number of nitrogens with two attached hydrogens (primary N) is 1. The molecule has 3 N–H and O–H groups in total. The summed E-state index contributed by atoms with van der Waals surface area (Å²) < 4.78 is 0. The molecule has 0 saturated carbocycles. The fourth-order valence-electron chi connectivity index (χ4n) is 3.41. The predicted octanol–water partition coefficient (Wildman–Crippen LogP) is 1.07. The quantitative estimate of drug-likeness (QED) is 0.640. The summed E-state index contributed by atoms with van der Waals surface area (Å²) in [5.41, 5.74) is 6.11. The van der Waals surface area contributed by atoms with Gasteiger partial charge < -0.3 is 15.5 Å². The van der Waals surface area contributed by atoms with E-state index in [4.69, 9.17) is 11.1 Å². The van der Waals surface area contributed by atoms with Crippen LogP contribution in [0.1, 0.15) is 31.4 Å². The van der Waals surface area contributed by atoms with E-state index in [-0.39, 0.29) is 5.84 Å². The molecule has 3 heterocycles. The monoisotopic (exact) mass is 288 g/mol. The molecule has 6 heteroatoms. The molecule has 0 bridgehead atoms. The van der Waals surface area contributed by atoms with Crippen molar-refractivity contribution < 1.29 is 0 Å². The van der Waals surface area contributed by atoms with Crippen molar-refractivity contribution in [3.8, 4) is 0 Å². The van der Waals surface area contributed by atoms with Crippen LogP contribution in [0.2, 0.25) is 0 Å². The predicted molar refractivity (Wildman–Crippen MR) is 83.7 cm³/mol. The Bertz CT molecular complexity index is 489. The smallest absolute Gasteiger partial charge is 0.158 e. The van der Waals surface area contributed by atoms with Gasteiger partial charge >= 0.3 is 0 Å². The Morgan fingerprint density at radius 1 is 1.14 bits per heavy atom. The van der Waals surface area contributed by atoms with Crippen molar-refractivity contribution in [1.29, 1.82) is 5.41 Å². The van der Waals surface area contributed by atoms with Crippen molar-refractivity contribution in [2.75, 3.05) is 37.6 Å². The highest BCUT2D eigenvalue weighted by Gasteiger charge is 2.25. The molecule has 2 saturated heterocycles. The van der Waals surface area contributed by atoms with Gasteiger partial charge in [0.05, 0.1) is 0 Å². The van der Waals surface area contributed by atoms with Crippen LogP contribution in [0.3, 0.4) is 0 Å². The third-order valence-electron chi connectivity index (χ3n) is 4.56. The molecule has 0 atom stereocenters. The molecule has 0 unspecified atom stereocenters. The first-order chi connectivity index (χ1) is 10.2. The van der Waals surface area contributed by atoms with E-state index in [1.165, 1.54) is 45.3 Å². The van der Waals surface area contributed by atoms with Crippen molar-refractivity contribution in [2.45, 2.75) is 25.7 Å². The second kappa shape index (κ2) is 6.39. The zero-order chi connectivity index (χ0) is 14.7. The van der Waals surface area contributed by atoms with Crippen LogP contribution in [0.5, 0.6) is 0 Å². The van der Waals surface area contributed by atoms with Gasteiger partial charge in [-0.15, -0.1) is 0 Å². The summed E-state index contributed by atoms with van der Waals surface area (Å²) in [6, 6.07) is 0. The Kier molecular flexibility index (Phi) is 4.34. The van der Waals surface area contributed by atoms with Gasteiger partial charge in [0.1, 0.15) is 11.5 Å². The standard InChI is InChI=1S/C15H24N6/c16-14(17)13-15(19-6-5-18-13)21-9-3-12(4-10-21)11-20-7-1-2-8-20/h5-6,12H,1-4,7-11H2,(H3,16,17). The number of likely N-dealkylation sites (tertiary alicyclic amines) is 1. The largest absolute Gasteiger partial charge is 0.382 e. The van der Waals surface area contributed by atoms with E-state index >= 15 is 0 Å². The van der Waals surface area contributed by atoms with Crippen LogP contribution in [0, 0.1) is 11.3 Å². The lowest BCUT2D eigenvalue weighted by Gasteiger charge is -2.34. The van der Waals surface area contributed by atoms with Crippen LogP contribution in [0.25, 0.3) is 0 Å². The molecule has 21 heavy (non-hydrogen) atoms. The fraction of sp³-hybridized carbons (Fsp3) is 0.667. The van der Waals surface area contributed by atoms with E-state index in [2.05, 4.69) is 19.8 Å². The zero-order valence-electron chi connectivity index (χ0n) is 12.5. The number of nitrogen functional groups attached to an aromatic ring is 1. The maximum Gasteiger partial charge on any atom is 0.158 e.